The first-order valence-corrected chi connectivity index (χ1v) is 12.6. The van der Waals surface area contributed by atoms with Gasteiger partial charge >= 0.3 is 0 Å². The fraction of sp³-hybridized carbons (Fsp3) is 0.393. The highest BCUT2D eigenvalue weighted by atomic mass is 16.5. The maximum atomic E-state index is 12.1. The van der Waals surface area contributed by atoms with Gasteiger partial charge in [0.2, 0.25) is 0 Å². The summed E-state index contributed by atoms with van der Waals surface area (Å²) in [4.78, 5) is 36.4. The molecule has 0 aliphatic rings. The monoisotopic (exact) mass is 521 g/mol. The van der Waals surface area contributed by atoms with Crippen LogP contribution in [0.25, 0.3) is 0 Å². The van der Waals surface area contributed by atoms with Crippen LogP contribution in [0.3, 0.4) is 0 Å². The number of nitrogens with one attached hydrogen (secondary N) is 4. The van der Waals surface area contributed by atoms with Crippen molar-refractivity contribution in [2.45, 2.75) is 40.0 Å². The number of amides is 1. The number of aromatic nitrogens is 3. The summed E-state index contributed by atoms with van der Waals surface area (Å²) in [6, 6.07) is 7.98. The summed E-state index contributed by atoms with van der Waals surface area (Å²) >= 11 is 0. The number of pyridine rings is 1. The van der Waals surface area contributed by atoms with E-state index in [1.807, 2.05) is 25.1 Å². The molecule has 38 heavy (non-hydrogen) atoms. The first-order chi connectivity index (χ1) is 18.2. The number of carbonyl (C=O) groups is 1. The lowest BCUT2D eigenvalue weighted by Gasteiger charge is -2.12. The molecule has 0 spiro atoms. The average Bonchev–Trinajstić information content (AvgIpc) is 2.88. The van der Waals surface area contributed by atoms with Gasteiger partial charge in [0.05, 0.1) is 7.11 Å². The lowest BCUT2D eigenvalue weighted by atomic mass is 10.1. The number of H-pyrrole nitrogens is 1. The van der Waals surface area contributed by atoms with E-state index in [0.717, 1.165) is 25.1 Å². The Morgan fingerprint density at radius 2 is 1.95 bits per heavy atom. The van der Waals surface area contributed by atoms with Crippen LogP contribution in [0, 0.1) is 19.3 Å². The van der Waals surface area contributed by atoms with Crippen molar-refractivity contribution in [2.24, 2.45) is 0 Å². The molecule has 10 nitrogen and oxygen atoms in total. The van der Waals surface area contributed by atoms with Crippen molar-refractivity contribution < 1.29 is 9.53 Å². The summed E-state index contributed by atoms with van der Waals surface area (Å²) in [5, 5.41) is 13.6. The molecule has 0 saturated carbocycles. The van der Waals surface area contributed by atoms with Gasteiger partial charge in [0.15, 0.2) is 5.82 Å². The summed E-state index contributed by atoms with van der Waals surface area (Å²) in [6.45, 7) is 7.44. The van der Waals surface area contributed by atoms with Gasteiger partial charge in [-0.1, -0.05) is 31.0 Å². The van der Waals surface area contributed by atoms with Crippen LogP contribution in [0.4, 0.5) is 11.6 Å². The second-order valence-electron chi connectivity index (χ2n) is 9.13. The van der Waals surface area contributed by atoms with E-state index in [1.165, 1.54) is 36.1 Å². The highest BCUT2D eigenvalue weighted by molar-refractivity contribution is 6.44. The zero-order chi connectivity index (χ0) is 28.1. The van der Waals surface area contributed by atoms with Crippen LogP contribution in [0.1, 0.15) is 42.0 Å². The highest BCUT2D eigenvalue weighted by Gasteiger charge is 2.15. The molecule has 4 N–H and O–H groups in total. The van der Waals surface area contributed by atoms with Gasteiger partial charge in [-0.3, -0.25) is 15.0 Å². The van der Waals surface area contributed by atoms with E-state index in [9.17, 15) is 9.59 Å². The molecule has 0 radical (unpaired) electrons. The number of aromatic amines is 1. The Kier molecular flexibility index (Phi) is 12.1. The summed E-state index contributed by atoms with van der Waals surface area (Å²) in [5.74, 6) is 1.12. The molecule has 1 amide bonds. The molecule has 0 aliphatic heterocycles. The third-order valence-electron chi connectivity index (χ3n) is 5.58. The van der Waals surface area contributed by atoms with Gasteiger partial charge in [-0.05, 0) is 70.6 Å². The number of methoxy groups -OCH3 is 1. The van der Waals surface area contributed by atoms with Gasteiger partial charge in [-0.15, -0.1) is 0 Å². The molecular formula is C28H39N7O3. The Labute approximate surface area is 224 Å². The van der Waals surface area contributed by atoms with Gasteiger partial charge in [0.1, 0.15) is 17.3 Å². The molecule has 2 aromatic heterocycles. The van der Waals surface area contributed by atoms with Crippen molar-refractivity contribution in [3.8, 4) is 5.75 Å². The Balaban J connectivity index is 0.000000352. The largest absolute Gasteiger partial charge is 0.496 e. The van der Waals surface area contributed by atoms with E-state index in [4.69, 9.17) is 10.1 Å². The normalized spacial score (nSPS) is 10.4. The molecule has 0 bridgehead atoms. The van der Waals surface area contributed by atoms with Crippen molar-refractivity contribution in [1.29, 1.82) is 5.41 Å². The molecule has 2 heterocycles. The van der Waals surface area contributed by atoms with E-state index in [2.05, 4.69) is 51.6 Å². The van der Waals surface area contributed by atoms with E-state index in [-0.39, 0.29) is 17.1 Å². The number of carbonyl (C=O) groups excluding carboxylic acids is 1. The zero-order valence-electron chi connectivity index (χ0n) is 23.1. The Bertz CT molecular complexity index is 1270. The molecule has 1 aromatic carbocycles. The first kappa shape index (κ1) is 30.2. The Morgan fingerprint density at radius 1 is 1.18 bits per heavy atom. The quantitative estimate of drug-likeness (QED) is 0.224. The van der Waals surface area contributed by atoms with Crippen molar-refractivity contribution in [1.82, 2.24) is 25.2 Å². The van der Waals surface area contributed by atoms with Crippen molar-refractivity contribution >= 4 is 23.3 Å². The zero-order valence-corrected chi connectivity index (χ0v) is 23.1. The van der Waals surface area contributed by atoms with Crippen molar-refractivity contribution in [2.75, 3.05) is 39.6 Å². The molecule has 3 aromatic rings. The number of anilines is 2. The maximum Gasteiger partial charge on any atom is 0.291 e. The number of hydrogen-bond donors (Lipinski definition) is 4. The second kappa shape index (κ2) is 15.3. The van der Waals surface area contributed by atoms with Gasteiger partial charge in [0, 0.05) is 30.7 Å². The first-order valence-electron chi connectivity index (χ1n) is 12.6. The third kappa shape index (κ3) is 9.44. The van der Waals surface area contributed by atoms with Crippen LogP contribution in [0.5, 0.6) is 5.75 Å². The molecular weight excluding hydrogens is 482 g/mol. The fourth-order valence-corrected chi connectivity index (χ4v) is 3.63. The predicted molar refractivity (Wildman–Crippen MR) is 152 cm³/mol. The number of rotatable bonds is 11. The smallest absolute Gasteiger partial charge is 0.291 e. The summed E-state index contributed by atoms with van der Waals surface area (Å²) in [6.07, 6.45) is 7.42. The molecule has 204 valence electrons. The lowest BCUT2D eigenvalue weighted by Crippen LogP contribution is -2.33. The fourth-order valence-electron chi connectivity index (χ4n) is 3.63. The minimum Gasteiger partial charge on any atom is -0.496 e. The molecule has 10 heteroatoms. The summed E-state index contributed by atoms with van der Waals surface area (Å²) in [5.41, 5.74) is 3.26. The number of aryl methyl sites for hydroxylation is 3. The van der Waals surface area contributed by atoms with Crippen LogP contribution in [-0.4, -0.2) is 65.8 Å². The highest BCUT2D eigenvalue weighted by Crippen LogP contribution is 2.20. The number of ether oxygens (including phenoxy) is 1. The maximum absolute atomic E-state index is 12.1. The lowest BCUT2D eigenvalue weighted by molar-refractivity contribution is -0.114. The SMILES string of the molecule is CCCc1cc(C)ccc1OC.Cc1cc(Nc2ncc[nH]c2=O)ncc1C(=N)C(=O)NCCCN(C)C. The minimum absolute atomic E-state index is 0.126. The molecule has 0 atom stereocenters. The third-order valence-corrected chi connectivity index (χ3v) is 5.58. The molecule has 0 unspecified atom stereocenters. The van der Waals surface area contributed by atoms with Gasteiger partial charge in [-0.25, -0.2) is 9.97 Å². The molecule has 0 aliphatic carbocycles. The van der Waals surface area contributed by atoms with Crippen LogP contribution < -0.4 is 20.9 Å². The number of nitrogens with zero attached hydrogens (tertiary/aromatic N) is 3. The van der Waals surface area contributed by atoms with Gasteiger partial charge in [-0.2, -0.15) is 0 Å². The minimum atomic E-state index is -0.435. The molecule has 3 rings (SSSR count). The van der Waals surface area contributed by atoms with Crippen molar-refractivity contribution in [3.05, 3.63) is 75.5 Å². The Hall–Kier alpha value is -4.05. The van der Waals surface area contributed by atoms with E-state index >= 15 is 0 Å². The number of benzene rings is 1. The second-order valence-corrected chi connectivity index (χ2v) is 9.13. The predicted octanol–water partition coefficient (Wildman–Crippen LogP) is 3.61. The average molecular weight is 522 g/mol. The topological polar surface area (TPSA) is 136 Å². The van der Waals surface area contributed by atoms with Crippen LogP contribution in [0.2, 0.25) is 0 Å². The summed E-state index contributed by atoms with van der Waals surface area (Å²) < 4.78 is 5.25. The summed E-state index contributed by atoms with van der Waals surface area (Å²) in [7, 11) is 5.66. The standard InChI is InChI=1S/C17H23N7O2.C11H16O/c1-11-9-13(23-15-17(26)21-7-6-19-15)22-10-12(11)14(18)16(25)20-5-4-8-24(2)3;1-4-5-10-8-9(2)6-7-11(10)12-3/h6-7,9-10,18H,4-5,8H2,1-3H3,(H,20,25)(H,21,26)(H,19,22,23);6-8H,4-5H2,1-3H3. The number of hydrogen-bond acceptors (Lipinski definition) is 8. The van der Waals surface area contributed by atoms with Gasteiger partial charge in [0.25, 0.3) is 11.5 Å². The van der Waals surface area contributed by atoms with E-state index in [0.29, 0.717) is 23.5 Å². The van der Waals surface area contributed by atoms with Crippen LogP contribution in [0.15, 0.2) is 47.7 Å². The van der Waals surface area contributed by atoms with Gasteiger partial charge < -0.3 is 25.3 Å². The van der Waals surface area contributed by atoms with E-state index in [1.54, 1.807) is 20.1 Å². The van der Waals surface area contributed by atoms with E-state index < -0.39 is 5.91 Å². The molecule has 0 fully saturated rings. The van der Waals surface area contributed by atoms with Crippen LogP contribution in [-0.2, 0) is 11.2 Å². The van der Waals surface area contributed by atoms with Crippen LogP contribution >= 0.6 is 0 Å². The Morgan fingerprint density at radius 3 is 2.58 bits per heavy atom. The van der Waals surface area contributed by atoms with Crippen molar-refractivity contribution in [3.63, 3.8) is 0 Å². The molecule has 0 saturated heterocycles.